The molecule has 17 heavy (non-hydrogen) atoms. The van der Waals surface area contributed by atoms with Crippen molar-refractivity contribution in [1.29, 1.82) is 0 Å². The highest BCUT2D eigenvalue weighted by Gasteiger charge is 2.19. The topological polar surface area (TPSA) is 68.8 Å². The molecular weight excluding hydrogens is 224 g/mol. The maximum absolute atomic E-state index is 10.9. The Balaban J connectivity index is 2.04. The maximum atomic E-state index is 10.9. The van der Waals surface area contributed by atoms with E-state index in [1.807, 2.05) is 4.90 Å². The van der Waals surface area contributed by atoms with E-state index in [0.717, 1.165) is 13.1 Å². The summed E-state index contributed by atoms with van der Waals surface area (Å²) in [7, 11) is 0. The van der Waals surface area contributed by atoms with Crippen molar-refractivity contribution in [3.8, 4) is 0 Å². The van der Waals surface area contributed by atoms with Gasteiger partial charge in [0, 0.05) is 13.1 Å². The summed E-state index contributed by atoms with van der Waals surface area (Å²) in [5.74, 6) is 0.505. The predicted octanol–water partition coefficient (Wildman–Crippen LogP) is 1.23. The van der Waals surface area contributed by atoms with Gasteiger partial charge < -0.3 is 9.15 Å². The first kappa shape index (κ1) is 11.8. The Labute approximate surface area is 98.6 Å². The fourth-order valence-corrected chi connectivity index (χ4v) is 1.68. The molecule has 1 saturated heterocycles. The summed E-state index contributed by atoms with van der Waals surface area (Å²) in [4.78, 5) is 12.6. The van der Waals surface area contributed by atoms with Crippen LogP contribution in [-0.4, -0.2) is 42.7 Å². The van der Waals surface area contributed by atoms with Crippen LogP contribution >= 0.6 is 0 Å². The van der Waals surface area contributed by atoms with Gasteiger partial charge in [0.15, 0.2) is 0 Å². The van der Waals surface area contributed by atoms with Crippen molar-refractivity contribution in [3.63, 3.8) is 0 Å². The summed E-state index contributed by atoms with van der Waals surface area (Å²) >= 11 is 0. The van der Waals surface area contributed by atoms with E-state index in [4.69, 9.17) is 9.15 Å². The van der Waals surface area contributed by atoms with Gasteiger partial charge in [-0.15, -0.1) is 0 Å². The number of hydrogen-bond donors (Lipinski definition) is 0. The predicted molar refractivity (Wildman–Crippen MR) is 60.9 cm³/mol. The number of ether oxygens (including phenoxy) is 1. The van der Waals surface area contributed by atoms with Crippen LogP contribution in [0.5, 0.6) is 0 Å². The molecule has 2 heterocycles. The second-order valence-corrected chi connectivity index (χ2v) is 3.80. The fraction of sp³-hybridized carbons (Fsp3) is 0.455. The fourth-order valence-electron chi connectivity index (χ4n) is 1.68. The van der Waals surface area contributed by atoms with Gasteiger partial charge in [-0.1, -0.05) is 0 Å². The standard InChI is InChI=1S/C11H14N2O4/c14-13(15)10(8-11-2-1-5-17-11)9-12-3-6-16-7-4-12/h1-2,5,8H,3-4,6-7,9H2/b10-8-. The van der Waals surface area contributed by atoms with Gasteiger partial charge >= 0.3 is 0 Å². The van der Waals surface area contributed by atoms with Crippen molar-refractivity contribution in [2.24, 2.45) is 0 Å². The third-order valence-electron chi connectivity index (χ3n) is 2.58. The minimum Gasteiger partial charge on any atom is -0.465 e. The van der Waals surface area contributed by atoms with Gasteiger partial charge in [-0.25, -0.2) is 0 Å². The van der Waals surface area contributed by atoms with Crippen LogP contribution < -0.4 is 0 Å². The first-order valence-electron chi connectivity index (χ1n) is 5.44. The molecule has 1 fully saturated rings. The van der Waals surface area contributed by atoms with Crippen molar-refractivity contribution in [1.82, 2.24) is 4.90 Å². The van der Waals surface area contributed by atoms with Crippen molar-refractivity contribution in [2.45, 2.75) is 0 Å². The van der Waals surface area contributed by atoms with Gasteiger partial charge in [-0.05, 0) is 12.1 Å². The molecule has 6 nitrogen and oxygen atoms in total. The summed E-state index contributed by atoms with van der Waals surface area (Å²) in [5.41, 5.74) is 0.141. The van der Waals surface area contributed by atoms with E-state index in [1.165, 1.54) is 12.3 Å². The second-order valence-electron chi connectivity index (χ2n) is 3.80. The van der Waals surface area contributed by atoms with E-state index in [0.29, 0.717) is 25.5 Å². The highest BCUT2D eigenvalue weighted by molar-refractivity contribution is 5.45. The van der Waals surface area contributed by atoms with Crippen LogP contribution in [0.25, 0.3) is 6.08 Å². The number of furan rings is 1. The number of hydrogen-bond acceptors (Lipinski definition) is 5. The molecule has 0 atom stereocenters. The molecule has 1 aromatic rings. The highest BCUT2D eigenvalue weighted by Crippen LogP contribution is 2.10. The zero-order valence-electron chi connectivity index (χ0n) is 9.37. The lowest BCUT2D eigenvalue weighted by atomic mass is 10.3. The molecule has 0 aromatic carbocycles. The molecule has 1 aromatic heterocycles. The summed E-state index contributed by atoms with van der Waals surface area (Å²) in [6.07, 6.45) is 2.97. The minimum absolute atomic E-state index is 0.141. The summed E-state index contributed by atoms with van der Waals surface area (Å²) in [6, 6.07) is 3.40. The normalized spacial score (nSPS) is 18.2. The van der Waals surface area contributed by atoms with Gasteiger partial charge in [-0.3, -0.25) is 15.0 Å². The monoisotopic (exact) mass is 238 g/mol. The summed E-state index contributed by atoms with van der Waals surface area (Å²) < 4.78 is 10.3. The number of morpholine rings is 1. The van der Waals surface area contributed by atoms with E-state index in [2.05, 4.69) is 0 Å². The Kier molecular flexibility index (Phi) is 3.89. The minimum atomic E-state index is -0.363. The first-order chi connectivity index (χ1) is 8.25. The molecule has 0 N–H and O–H groups in total. The van der Waals surface area contributed by atoms with Crippen LogP contribution in [0.3, 0.4) is 0 Å². The van der Waals surface area contributed by atoms with E-state index in [9.17, 15) is 10.1 Å². The second kappa shape index (κ2) is 5.60. The smallest absolute Gasteiger partial charge is 0.263 e. The molecule has 1 aliphatic heterocycles. The molecule has 0 radical (unpaired) electrons. The lowest BCUT2D eigenvalue weighted by molar-refractivity contribution is -0.426. The first-order valence-corrected chi connectivity index (χ1v) is 5.44. The van der Waals surface area contributed by atoms with E-state index < -0.39 is 0 Å². The van der Waals surface area contributed by atoms with Gasteiger partial charge in [-0.2, -0.15) is 0 Å². The number of nitrogens with zero attached hydrogens (tertiary/aromatic N) is 2. The average Bonchev–Trinajstić information content (AvgIpc) is 2.82. The molecule has 0 spiro atoms. The van der Waals surface area contributed by atoms with E-state index in [-0.39, 0.29) is 10.6 Å². The maximum Gasteiger partial charge on any atom is 0.263 e. The van der Waals surface area contributed by atoms with Gasteiger partial charge in [0.05, 0.1) is 37.0 Å². The van der Waals surface area contributed by atoms with Crippen molar-refractivity contribution in [2.75, 3.05) is 32.8 Å². The lowest BCUT2D eigenvalue weighted by Gasteiger charge is -2.25. The Morgan fingerprint density at radius 2 is 2.29 bits per heavy atom. The Morgan fingerprint density at radius 1 is 1.53 bits per heavy atom. The van der Waals surface area contributed by atoms with Gasteiger partial charge in [0.1, 0.15) is 5.76 Å². The zero-order valence-corrected chi connectivity index (χ0v) is 9.37. The molecule has 2 rings (SSSR count). The van der Waals surface area contributed by atoms with Crippen LogP contribution in [0.15, 0.2) is 28.5 Å². The molecule has 92 valence electrons. The molecule has 0 amide bonds. The van der Waals surface area contributed by atoms with Gasteiger partial charge in [0.2, 0.25) is 0 Å². The number of nitro groups is 1. The molecule has 0 bridgehead atoms. The van der Waals surface area contributed by atoms with Crippen LogP contribution in [0.4, 0.5) is 0 Å². The van der Waals surface area contributed by atoms with Crippen LogP contribution in [0.2, 0.25) is 0 Å². The highest BCUT2D eigenvalue weighted by atomic mass is 16.6. The average molecular weight is 238 g/mol. The Bertz CT molecular complexity index is 394. The lowest BCUT2D eigenvalue weighted by Crippen LogP contribution is -2.38. The zero-order chi connectivity index (χ0) is 12.1. The van der Waals surface area contributed by atoms with Crippen LogP contribution in [-0.2, 0) is 4.74 Å². The van der Waals surface area contributed by atoms with E-state index in [1.54, 1.807) is 12.1 Å². The van der Waals surface area contributed by atoms with Crippen LogP contribution in [0, 0.1) is 10.1 Å². The van der Waals surface area contributed by atoms with Crippen molar-refractivity contribution >= 4 is 6.08 Å². The quantitative estimate of drug-likeness (QED) is 0.583. The summed E-state index contributed by atoms with van der Waals surface area (Å²) in [5, 5.41) is 10.9. The molecule has 6 heteroatoms. The molecular formula is C11H14N2O4. The van der Waals surface area contributed by atoms with Crippen molar-refractivity contribution in [3.05, 3.63) is 40.0 Å². The molecule has 0 unspecified atom stereocenters. The van der Waals surface area contributed by atoms with Crippen LogP contribution in [0.1, 0.15) is 5.76 Å². The largest absolute Gasteiger partial charge is 0.465 e. The SMILES string of the molecule is O=[N+]([O-])/C(=C\c1ccco1)CN1CCOCC1. The third-order valence-corrected chi connectivity index (χ3v) is 2.58. The Hall–Kier alpha value is -1.66. The van der Waals surface area contributed by atoms with Gasteiger partial charge in [0.25, 0.3) is 5.70 Å². The molecule has 0 aliphatic carbocycles. The van der Waals surface area contributed by atoms with Crippen molar-refractivity contribution < 1.29 is 14.1 Å². The van der Waals surface area contributed by atoms with E-state index >= 15 is 0 Å². The number of rotatable bonds is 4. The summed E-state index contributed by atoms with van der Waals surface area (Å²) in [6.45, 7) is 3.03. The Morgan fingerprint density at radius 3 is 2.88 bits per heavy atom. The molecule has 0 saturated carbocycles. The molecule has 1 aliphatic rings. The third kappa shape index (κ3) is 3.40.